The van der Waals surface area contributed by atoms with Gasteiger partial charge in [0.25, 0.3) is 0 Å². The molecule has 0 spiro atoms. The van der Waals surface area contributed by atoms with Crippen LogP contribution in [-0.2, 0) is 13.1 Å². The molecule has 2 aromatic heterocycles. The lowest BCUT2D eigenvalue weighted by Crippen LogP contribution is -2.17. The Morgan fingerprint density at radius 3 is 1.30 bits per heavy atom. The van der Waals surface area contributed by atoms with E-state index in [1.807, 2.05) is 28.8 Å². The third kappa shape index (κ3) is 13.2. The maximum Gasteiger partial charge on any atom is 0.360 e. The van der Waals surface area contributed by atoms with Gasteiger partial charge in [-0.3, -0.25) is 0 Å². The Bertz CT molecular complexity index is 1970. The highest BCUT2D eigenvalue weighted by molar-refractivity contribution is 5.97. The highest BCUT2D eigenvalue weighted by atomic mass is 19.2. The summed E-state index contributed by atoms with van der Waals surface area (Å²) >= 11 is 0. The second-order valence-electron chi connectivity index (χ2n) is 14.0. The molecule has 0 saturated heterocycles. The number of carboxylic acids is 1. The van der Waals surface area contributed by atoms with Crippen LogP contribution in [0.4, 0.5) is 22.0 Å². The molecule has 3 aromatic carbocycles. The minimum absolute atomic E-state index is 0. The van der Waals surface area contributed by atoms with Gasteiger partial charge in [0.2, 0.25) is 34.8 Å². The summed E-state index contributed by atoms with van der Waals surface area (Å²) in [5, 5.41) is 11.1. The third-order valence-electron chi connectivity index (χ3n) is 9.88. The van der Waals surface area contributed by atoms with Gasteiger partial charge in [0, 0.05) is 34.9 Å². The van der Waals surface area contributed by atoms with Crippen LogP contribution in [0, 0.1) is 29.1 Å². The Morgan fingerprint density at radius 2 is 0.877 bits per heavy atom. The molecule has 0 saturated carbocycles. The largest absolute Gasteiger partial charge is 0.477 e. The molecule has 57 heavy (non-hydrogen) atoms. The first-order chi connectivity index (χ1) is 26.6. The van der Waals surface area contributed by atoms with Crippen molar-refractivity contribution in [2.75, 3.05) is 0 Å². The number of carbonyl (C=O) groups excluding carboxylic acids is 1. The number of ether oxygens (including phenoxy) is 1. The van der Waals surface area contributed by atoms with Crippen molar-refractivity contribution in [2.24, 2.45) is 0 Å². The summed E-state index contributed by atoms with van der Waals surface area (Å²) in [4.78, 5) is 24.1. The molecule has 0 bridgehead atoms. The quantitative estimate of drug-likeness (QED) is 0.0200. The van der Waals surface area contributed by atoms with Crippen LogP contribution < -0.4 is 4.74 Å². The van der Waals surface area contributed by atoms with E-state index in [9.17, 15) is 36.6 Å². The molecule has 2 heterocycles. The van der Waals surface area contributed by atoms with Gasteiger partial charge in [-0.1, -0.05) is 155 Å². The van der Waals surface area contributed by atoms with Crippen molar-refractivity contribution in [3.63, 3.8) is 0 Å². The molecule has 6 nitrogen and oxygen atoms in total. The summed E-state index contributed by atoms with van der Waals surface area (Å²) in [6.45, 7) is 5.64. The average molecular weight is 801 g/mol. The number of benzene rings is 3. The number of hydrogen-bond donors (Lipinski definition) is 1. The lowest BCUT2D eigenvalue weighted by molar-refractivity contribution is 0.0681. The summed E-state index contributed by atoms with van der Waals surface area (Å²) < 4.78 is 76.5. The molecule has 0 aliphatic rings. The van der Waals surface area contributed by atoms with Gasteiger partial charge in [0.05, 0.1) is 0 Å². The number of aromatic nitrogens is 2. The molecule has 0 aliphatic carbocycles. The number of para-hydroxylation sites is 2. The zero-order valence-corrected chi connectivity index (χ0v) is 32.0. The maximum absolute atomic E-state index is 14.0. The highest BCUT2D eigenvalue weighted by Crippen LogP contribution is 2.31. The van der Waals surface area contributed by atoms with Crippen molar-refractivity contribution in [2.45, 2.75) is 145 Å². The zero-order chi connectivity index (χ0) is 39.7. The highest BCUT2D eigenvalue weighted by Gasteiger charge is 2.30. The molecule has 11 heteroatoms. The second kappa shape index (κ2) is 24.9. The minimum atomic E-state index is -2.31. The van der Waals surface area contributed by atoms with Gasteiger partial charge in [0.15, 0.2) is 0 Å². The SMILES string of the molecule is C.C.CCCCCCCCCCn1c(C(=O)O)cc2ccccc21.CCCCCCCCCCn1c(C(=O)Oc2c(F)c(F)c(F)c(F)c2F)cc2ccccc21. The van der Waals surface area contributed by atoms with Gasteiger partial charge >= 0.3 is 11.9 Å². The number of unbranched alkanes of at least 4 members (excludes halogenated alkanes) is 14. The van der Waals surface area contributed by atoms with E-state index in [2.05, 4.69) is 18.6 Å². The average Bonchev–Trinajstić information content (AvgIpc) is 3.76. The van der Waals surface area contributed by atoms with E-state index < -0.39 is 46.8 Å². The smallest absolute Gasteiger partial charge is 0.360 e. The van der Waals surface area contributed by atoms with Gasteiger partial charge in [-0.25, -0.2) is 22.8 Å². The van der Waals surface area contributed by atoms with Crippen molar-refractivity contribution in [3.05, 3.63) is 101 Å². The minimum Gasteiger partial charge on any atom is -0.477 e. The number of aromatic carboxylic acids is 1. The Balaban J connectivity index is 0.000000409. The third-order valence-corrected chi connectivity index (χ3v) is 9.88. The van der Waals surface area contributed by atoms with Crippen molar-refractivity contribution in [1.29, 1.82) is 0 Å². The summed E-state index contributed by atoms with van der Waals surface area (Å²) in [5.41, 5.74) is 2.12. The number of carboxylic acid groups (broad SMARTS) is 1. The van der Waals surface area contributed by atoms with E-state index in [-0.39, 0.29) is 20.5 Å². The van der Waals surface area contributed by atoms with Crippen molar-refractivity contribution in [3.8, 4) is 5.75 Å². The van der Waals surface area contributed by atoms with E-state index in [0.29, 0.717) is 23.1 Å². The Kier molecular flexibility index (Phi) is 21.1. The van der Waals surface area contributed by atoms with Crippen LogP contribution in [-0.4, -0.2) is 26.2 Å². The molecule has 0 radical (unpaired) electrons. The zero-order valence-electron chi connectivity index (χ0n) is 32.0. The fourth-order valence-corrected chi connectivity index (χ4v) is 6.88. The van der Waals surface area contributed by atoms with Crippen LogP contribution in [0.15, 0.2) is 60.7 Å². The number of rotatable bonds is 21. The first kappa shape index (κ1) is 48.5. The van der Waals surface area contributed by atoms with Crippen molar-refractivity contribution >= 4 is 33.7 Å². The number of aryl methyl sites for hydroxylation is 2. The van der Waals surface area contributed by atoms with Crippen molar-refractivity contribution in [1.82, 2.24) is 9.13 Å². The fourth-order valence-electron chi connectivity index (χ4n) is 6.88. The van der Waals surface area contributed by atoms with Crippen LogP contribution in [0.5, 0.6) is 5.75 Å². The molecule has 0 unspecified atom stereocenters. The Morgan fingerprint density at radius 1 is 0.526 bits per heavy atom. The first-order valence-electron chi connectivity index (χ1n) is 19.7. The molecule has 1 N–H and O–H groups in total. The lowest BCUT2D eigenvalue weighted by atomic mass is 10.1. The number of carbonyl (C=O) groups is 2. The van der Waals surface area contributed by atoms with Crippen LogP contribution in [0.1, 0.15) is 152 Å². The second-order valence-corrected chi connectivity index (χ2v) is 14.0. The van der Waals surface area contributed by atoms with Gasteiger partial charge in [-0.05, 0) is 37.1 Å². The number of halogens is 5. The maximum atomic E-state index is 14.0. The fraction of sp³-hybridized carbons (Fsp3) is 0.478. The van der Waals surface area contributed by atoms with E-state index in [0.717, 1.165) is 49.6 Å². The normalized spacial score (nSPS) is 10.9. The molecule has 0 aliphatic heterocycles. The molecular weight excluding hydrogens is 740 g/mol. The number of fused-ring (bicyclic) bond motifs is 2. The molecule has 5 aromatic rings. The van der Waals surface area contributed by atoms with E-state index >= 15 is 0 Å². The Hall–Kier alpha value is -4.67. The summed E-state index contributed by atoms with van der Waals surface area (Å²) in [7, 11) is 0. The summed E-state index contributed by atoms with van der Waals surface area (Å²) in [6.07, 6.45) is 18.8. The molecular formula is C46H61F5N2O4. The van der Waals surface area contributed by atoms with Crippen LogP contribution in [0.3, 0.4) is 0 Å². The molecule has 0 fully saturated rings. The van der Waals surface area contributed by atoms with Gasteiger partial charge < -0.3 is 19.0 Å². The summed E-state index contributed by atoms with van der Waals surface area (Å²) in [5.74, 6) is -14.7. The van der Waals surface area contributed by atoms with Gasteiger partial charge in [0.1, 0.15) is 11.4 Å². The van der Waals surface area contributed by atoms with Gasteiger partial charge in [-0.2, -0.15) is 8.78 Å². The first-order valence-corrected chi connectivity index (χ1v) is 19.7. The van der Waals surface area contributed by atoms with Crippen LogP contribution >= 0.6 is 0 Å². The van der Waals surface area contributed by atoms with E-state index in [1.54, 1.807) is 34.9 Å². The predicted octanol–water partition coefficient (Wildman–Crippen LogP) is 14.4. The van der Waals surface area contributed by atoms with Crippen LogP contribution in [0.2, 0.25) is 0 Å². The van der Waals surface area contributed by atoms with E-state index in [4.69, 9.17) is 0 Å². The van der Waals surface area contributed by atoms with E-state index in [1.165, 1.54) is 76.7 Å². The topological polar surface area (TPSA) is 73.5 Å². The number of esters is 1. The summed E-state index contributed by atoms with van der Waals surface area (Å²) in [6, 6.07) is 18.3. The van der Waals surface area contributed by atoms with Crippen LogP contribution in [0.25, 0.3) is 21.8 Å². The molecule has 314 valence electrons. The lowest BCUT2D eigenvalue weighted by Gasteiger charge is -2.12. The van der Waals surface area contributed by atoms with Crippen molar-refractivity contribution < 1.29 is 41.4 Å². The standard InChI is InChI=1S/C25H26F5NO2.C19H27NO2.2CH4/c1-2-3-4-5-6-7-8-11-14-31-17-13-10-9-12-16(17)15-18(31)25(32)33-24-22(29)20(27)19(26)21(28)23(24)30;1-2-3-4-5-6-7-8-11-14-20-17-13-10-9-12-16(17)15-18(20)19(21)22;;/h9-10,12-13,15H,2-8,11,14H2,1H3;9-10,12-13,15H,2-8,11,14H2,1H3,(H,21,22);2*1H4. The monoisotopic (exact) mass is 800 g/mol. The Labute approximate surface area is 335 Å². The molecule has 5 rings (SSSR count). The van der Waals surface area contributed by atoms with Gasteiger partial charge in [-0.15, -0.1) is 0 Å². The predicted molar refractivity (Wildman–Crippen MR) is 221 cm³/mol. The number of nitrogens with zero attached hydrogens (tertiary/aromatic N) is 2. The number of hydrogen-bond acceptors (Lipinski definition) is 3. The molecule has 0 amide bonds. The molecule has 0 atom stereocenters.